The van der Waals surface area contributed by atoms with Crippen LogP contribution in [0, 0.1) is 0 Å². The number of para-hydroxylation sites is 2. The Balaban J connectivity index is 1.71. The lowest BCUT2D eigenvalue weighted by Crippen LogP contribution is -2.17. The summed E-state index contributed by atoms with van der Waals surface area (Å²) < 4.78 is 8.65. The molecule has 0 saturated carbocycles. The average Bonchev–Trinajstić information content (AvgIpc) is 3.21. The van der Waals surface area contributed by atoms with Gasteiger partial charge in [0.05, 0.1) is 23.8 Å². The minimum absolute atomic E-state index is 0.303. The molecule has 0 unspecified atom stereocenters. The molecule has 0 atom stereocenters. The van der Waals surface area contributed by atoms with E-state index in [9.17, 15) is 4.79 Å². The number of imidazole rings is 1. The fourth-order valence-electron chi connectivity index (χ4n) is 2.74. The van der Waals surface area contributed by atoms with Gasteiger partial charge in [0.2, 0.25) is 5.95 Å². The molecule has 1 aromatic carbocycles. The Morgan fingerprint density at radius 1 is 1.28 bits per heavy atom. The highest BCUT2D eigenvalue weighted by Crippen LogP contribution is 2.20. The number of carbonyl (C=O) groups excluding carboxylic acids is 1. The molecule has 1 N–H and O–H groups in total. The molecule has 0 radical (unpaired) electrons. The minimum Gasteiger partial charge on any atom is -0.383 e. The summed E-state index contributed by atoms with van der Waals surface area (Å²) >= 11 is 0. The molecule has 25 heavy (non-hydrogen) atoms. The Bertz CT molecular complexity index is 1050. The maximum absolute atomic E-state index is 12.7. The number of benzene rings is 1. The zero-order chi connectivity index (χ0) is 17.2. The number of methoxy groups -OCH3 is 1. The summed E-state index contributed by atoms with van der Waals surface area (Å²) in [5.41, 5.74) is 2.64. The van der Waals surface area contributed by atoms with E-state index in [0.29, 0.717) is 30.3 Å². The van der Waals surface area contributed by atoms with Crippen molar-refractivity contribution in [3.8, 4) is 0 Å². The quantitative estimate of drug-likeness (QED) is 0.602. The molecule has 8 heteroatoms. The molecule has 3 aromatic heterocycles. The Kier molecular flexibility index (Phi) is 3.87. The zero-order valence-corrected chi connectivity index (χ0v) is 13.6. The molecular formula is C17H16N6O2. The molecule has 126 valence electrons. The van der Waals surface area contributed by atoms with Crippen molar-refractivity contribution in [2.45, 2.75) is 6.54 Å². The van der Waals surface area contributed by atoms with Crippen molar-refractivity contribution in [1.82, 2.24) is 24.1 Å². The first-order valence-electron chi connectivity index (χ1n) is 7.82. The van der Waals surface area contributed by atoms with Crippen molar-refractivity contribution in [3.63, 3.8) is 0 Å². The second-order valence-corrected chi connectivity index (χ2v) is 5.47. The summed E-state index contributed by atoms with van der Waals surface area (Å²) in [6, 6.07) is 9.48. The molecule has 0 aliphatic rings. The number of nitrogens with zero attached hydrogens (tertiary/aromatic N) is 5. The second-order valence-electron chi connectivity index (χ2n) is 5.47. The van der Waals surface area contributed by atoms with E-state index < -0.39 is 0 Å². The molecule has 3 heterocycles. The minimum atomic E-state index is -0.303. The highest BCUT2D eigenvalue weighted by Gasteiger charge is 2.17. The van der Waals surface area contributed by atoms with E-state index in [1.54, 1.807) is 30.1 Å². The van der Waals surface area contributed by atoms with Crippen LogP contribution in [-0.2, 0) is 11.3 Å². The first kappa shape index (κ1) is 15.3. The normalized spacial score (nSPS) is 11.2. The summed E-state index contributed by atoms with van der Waals surface area (Å²) in [5.74, 6) is 0.168. The van der Waals surface area contributed by atoms with Crippen molar-refractivity contribution in [3.05, 3.63) is 54.5 Å². The van der Waals surface area contributed by atoms with E-state index in [-0.39, 0.29) is 5.91 Å². The number of ether oxygens (including phenoxy) is 1. The van der Waals surface area contributed by atoms with Crippen LogP contribution in [0.15, 0.2) is 48.9 Å². The molecule has 0 saturated heterocycles. The van der Waals surface area contributed by atoms with E-state index >= 15 is 0 Å². The molecule has 0 aliphatic carbocycles. The number of hydrogen-bond acceptors (Lipinski definition) is 5. The third-order valence-corrected chi connectivity index (χ3v) is 3.92. The molecule has 8 nitrogen and oxygen atoms in total. The Hall–Kier alpha value is -3.26. The summed E-state index contributed by atoms with van der Waals surface area (Å²) in [4.78, 5) is 21.4. The van der Waals surface area contributed by atoms with Gasteiger partial charge in [-0.15, -0.1) is 0 Å². The van der Waals surface area contributed by atoms with Crippen LogP contribution < -0.4 is 5.32 Å². The lowest BCUT2D eigenvalue weighted by molar-refractivity contribution is 0.102. The number of carbonyl (C=O) groups is 1. The largest absolute Gasteiger partial charge is 0.383 e. The van der Waals surface area contributed by atoms with E-state index in [0.717, 1.165) is 11.0 Å². The van der Waals surface area contributed by atoms with Gasteiger partial charge in [-0.25, -0.2) is 14.5 Å². The van der Waals surface area contributed by atoms with E-state index in [4.69, 9.17) is 4.74 Å². The van der Waals surface area contributed by atoms with Crippen LogP contribution >= 0.6 is 0 Å². The topological polar surface area (TPSA) is 86.3 Å². The van der Waals surface area contributed by atoms with Gasteiger partial charge in [-0.2, -0.15) is 5.10 Å². The molecular weight excluding hydrogens is 320 g/mol. The number of rotatable bonds is 5. The Labute approximate surface area is 143 Å². The number of anilines is 1. The third-order valence-electron chi connectivity index (χ3n) is 3.92. The number of fused-ring (bicyclic) bond motifs is 2. The van der Waals surface area contributed by atoms with E-state index in [1.807, 2.05) is 28.8 Å². The predicted octanol–water partition coefficient (Wildman–Crippen LogP) is 1.98. The lowest BCUT2D eigenvalue weighted by atomic mass is 10.3. The van der Waals surface area contributed by atoms with Gasteiger partial charge in [0.15, 0.2) is 5.65 Å². The Morgan fingerprint density at radius 3 is 3.04 bits per heavy atom. The van der Waals surface area contributed by atoms with Crippen LogP contribution in [0.3, 0.4) is 0 Å². The lowest BCUT2D eigenvalue weighted by Gasteiger charge is -2.09. The van der Waals surface area contributed by atoms with Crippen LogP contribution in [-0.4, -0.2) is 43.8 Å². The molecule has 0 spiro atoms. The fraction of sp³-hybridized carbons (Fsp3) is 0.176. The third kappa shape index (κ3) is 2.72. The maximum atomic E-state index is 12.7. The first-order valence-corrected chi connectivity index (χ1v) is 7.82. The number of aromatic nitrogens is 5. The SMILES string of the molecule is COCCn1c(NC(=O)c2cnn3cccnc23)nc2ccccc21. The van der Waals surface area contributed by atoms with E-state index in [1.165, 1.54) is 6.20 Å². The Morgan fingerprint density at radius 2 is 2.16 bits per heavy atom. The van der Waals surface area contributed by atoms with Gasteiger partial charge in [-0.3, -0.25) is 10.1 Å². The fourth-order valence-corrected chi connectivity index (χ4v) is 2.74. The van der Waals surface area contributed by atoms with Crippen molar-refractivity contribution < 1.29 is 9.53 Å². The molecule has 4 rings (SSSR count). The summed E-state index contributed by atoms with van der Waals surface area (Å²) in [7, 11) is 1.64. The molecule has 0 fully saturated rings. The average molecular weight is 336 g/mol. The highest BCUT2D eigenvalue weighted by atomic mass is 16.5. The number of nitrogens with one attached hydrogen (secondary N) is 1. The summed E-state index contributed by atoms with van der Waals surface area (Å²) in [6.45, 7) is 1.10. The monoisotopic (exact) mass is 336 g/mol. The van der Waals surface area contributed by atoms with Crippen molar-refractivity contribution in [1.29, 1.82) is 0 Å². The van der Waals surface area contributed by atoms with Crippen LogP contribution in [0.4, 0.5) is 5.95 Å². The van der Waals surface area contributed by atoms with Crippen LogP contribution in [0.25, 0.3) is 16.7 Å². The highest BCUT2D eigenvalue weighted by molar-refractivity contribution is 6.07. The maximum Gasteiger partial charge on any atom is 0.263 e. The zero-order valence-electron chi connectivity index (χ0n) is 13.6. The molecule has 0 bridgehead atoms. The molecule has 0 aliphatic heterocycles. The van der Waals surface area contributed by atoms with E-state index in [2.05, 4.69) is 20.4 Å². The predicted molar refractivity (Wildman–Crippen MR) is 92.5 cm³/mol. The summed E-state index contributed by atoms with van der Waals surface area (Å²) in [5, 5.41) is 7.01. The number of hydrogen-bond donors (Lipinski definition) is 1. The molecule has 1 amide bonds. The first-order chi connectivity index (χ1) is 12.3. The van der Waals surface area contributed by atoms with Gasteiger partial charge in [-0.05, 0) is 18.2 Å². The van der Waals surface area contributed by atoms with Crippen LogP contribution in [0.1, 0.15) is 10.4 Å². The van der Waals surface area contributed by atoms with Crippen molar-refractivity contribution >= 4 is 28.5 Å². The van der Waals surface area contributed by atoms with Crippen molar-refractivity contribution in [2.75, 3.05) is 19.0 Å². The van der Waals surface area contributed by atoms with Gasteiger partial charge < -0.3 is 9.30 Å². The van der Waals surface area contributed by atoms with Gasteiger partial charge >= 0.3 is 0 Å². The van der Waals surface area contributed by atoms with Gasteiger partial charge in [-0.1, -0.05) is 12.1 Å². The summed E-state index contributed by atoms with van der Waals surface area (Å²) in [6.07, 6.45) is 4.87. The smallest absolute Gasteiger partial charge is 0.263 e. The second kappa shape index (κ2) is 6.33. The molecule has 4 aromatic rings. The van der Waals surface area contributed by atoms with Gasteiger partial charge in [0.25, 0.3) is 5.91 Å². The number of amides is 1. The standard InChI is InChI=1S/C17H16N6O2/c1-25-10-9-22-14-6-3-2-5-13(14)20-17(22)21-16(24)12-11-19-23-8-4-7-18-15(12)23/h2-8,11H,9-10H2,1H3,(H,20,21,24). The van der Waals surface area contributed by atoms with Gasteiger partial charge in [0.1, 0.15) is 5.56 Å². The van der Waals surface area contributed by atoms with Crippen LogP contribution in [0.2, 0.25) is 0 Å². The van der Waals surface area contributed by atoms with Crippen molar-refractivity contribution in [2.24, 2.45) is 0 Å². The van der Waals surface area contributed by atoms with Gasteiger partial charge in [0, 0.05) is 26.0 Å². The van der Waals surface area contributed by atoms with Crippen LogP contribution in [0.5, 0.6) is 0 Å².